The molecule has 0 atom stereocenters. The Bertz CT molecular complexity index is 343. The molecule has 8 heteroatoms. The Balaban J connectivity index is 3.47. The summed E-state index contributed by atoms with van der Waals surface area (Å²) < 4.78 is 4.75. The van der Waals surface area contributed by atoms with Crippen LogP contribution in [0.1, 0.15) is 32.6 Å². The van der Waals surface area contributed by atoms with Crippen LogP contribution in [0.3, 0.4) is 0 Å². The maximum absolute atomic E-state index is 11.3. The normalized spacial score (nSPS) is 10.2. The van der Waals surface area contributed by atoms with Crippen LogP contribution < -0.4 is 5.32 Å². The van der Waals surface area contributed by atoms with Crippen LogP contribution in [0.2, 0.25) is 0 Å². The average molecular weight is 288 g/mol. The van der Waals surface area contributed by atoms with E-state index < -0.39 is 11.1 Å². The molecule has 0 aromatic carbocycles. The van der Waals surface area contributed by atoms with E-state index in [0.29, 0.717) is 6.42 Å². The van der Waals surface area contributed by atoms with E-state index in [1.165, 1.54) is 0 Å². The summed E-state index contributed by atoms with van der Waals surface area (Å²) in [5.74, 6) is -0.781. The molecule has 0 saturated carbocycles. The highest BCUT2D eigenvalue weighted by Gasteiger charge is 2.06. The summed E-state index contributed by atoms with van der Waals surface area (Å²) in [6.07, 6.45) is 6.01. The second-order valence-electron chi connectivity index (χ2n) is 3.87. The maximum atomic E-state index is 11.3. The van der Waals surface area contributed by atoms with Gasteiger partial charge in [0.25, 0.3) is 5.09 Å². The quantitative estimate of drug-likeness (QED) is 0.200. The summed E-state index contributed by atoms with van der Waals surface area (Å²) in [4.78, 5) is 36.4. The summed E-state index contributed by atoms with van der Waals surface area (Å²) in [5, 5.41) is 11.4. The average Bonchev–Trinajstić information content (AvgIpc) is 2.40. The van der Waals surface area contributed by atoms with Gasteiger partial charge in [-0.15, -0.1) is 10.1 Å². The van der Waals surface area contributed by atoms with Gasteiger partial charge in [0, 0.05) is 12.8 Å². The van der Waals surface area contributed by atoms with Crippen molar-refractivity contribution in [1.29, 1.82) is 0 Å². The second kappa shape index (κ2) is 11.9. The first-order chi connectivity index (χ1) is 9.56. The van der Waals surface area contributed by atoms with E-state index in [0.717, 1.165) is 12.8 Å². The van der Waals surface area contributed by atoms with Crippen LogP contribution in [-0.4, -0.2) is 36.7 Å². The number of carbonyl (C=O) groups is 2. The van der Waals surface area contributed by atoms with Crippen LogP contribution in [0.4, 0.5) is 0 Å². The van der Waals surface area contributed by atoms with E-state index in [1.54, 1.807) is 0 Å². The van der Waals surface area contributed by atoms with Crippen LogP contribution in [0.15, 0.2) is 12.2 Å². The van der Waals surface area contributed by atoms with Gasteiger partial charge in [-0.1, -0.05) is 12.2 Å². The molecule has 0 radical (unpaired) electrons. The van der Waals surface area contributed by atoms with E-state index in [2.05, 4.69) is 10.2 Å². The molecular weight excluding hydrogens is 268 g/mol. The number of rotatable bonds is 11. The van der Waals surface area contributed by atoms with E-state index in [9.17, 15) is 19.7 Å². The molecule has 1 amide bonds. The molecule has 0 aromatic heterocycles. The molecule has 0 bridgehead atoms. The zero-order valence-electron chi connectivity index (χ0n) is 11.5. The van der Waals surface area contributed by atoms with Gasteiger partial charge in [0.2, 0.25) is 5.91 Å². The molecule has 0 unspecified atom stereocenters. The molecule has 0 saturated heterocycles. The van der Waals surface area contributed by atoms with Gasteiger partial charge >= 0.3 is 5.97 Å². The number of carbonyl (C=O) groups excluding carboxylic acids is 2. The number of ether oxygens (including phenoxy) is 1. The summed E-state index contributed by atoms with van der Waals surface area (Å²) >= 11 is 0. The van der Waals surface area contributed by atoms with Gasteiger partial charge in [0.05, 0.1) is 13.2 Å². The van der Waals surface area contributed by atoms with Gasteiger partial charge < -0.3 is 14.9 Å². The molecule has 0 aromatic rings. The Labute approximate surface area is 117 Å². The molecule has 1 N–H and O–H groups in total. The highest BCUT2D eigenvalue weighted by molar-refractivity contribution is 5.81. The first-order valence-corrected chi connectivity index (χ1v) is 6.37. The third-order valence-electron chi connectivity index (χ3n) is 2.19. The lowest BCUT2D eigenvalue weighted by Gasteiger charge is -2.06. The molecule has 0 fully saturated rings. The van der Waals surface area contributed by atoms with Crippen molar-refractivity contribution < 1.29 is 24.3 Å². The van der Waals surface area contributed by atoms with Gasteiger partial charge in [0.1, 0.15) is 6.54 Å². The van der Waals surface area contributed by atoms with Crippen molar-refractivity contribution in [2.75, 3.05) is 19.8 Å². The van der Waals surface area contributed by atoms with Crippen molar-refractivity contribution in [1.82, 2.24) is 5.32 Å². The fraction of sp³-hybridized carbons (Fsp3) is 0.667. The predicted octanol–water partition coefficient (Wildman–Crippen LogP) is 0.991. The van der Waals surface area contributed by atoms with Crippen LogP contribution in [0, 0.1) is 10.1 Å². The maximum Gasteiger partial charge on any atom is 0.325 e. The van der Waals surface area contributed by atoms with Crippen LogP contribution in [-0.2, 0) is 19.2 Å². The second-order valence-corrected chi connectivity index (χ2v) is 3.87. The van der Waals surface area contributed by atoms with E-state index in [-0.39, 0.29) is 32.1 Å². The van der Waals surface area contributed by atoms with Gasteiger partial charge in [-0.25, -0.2) is 0 Å². The lowest BCUT2D eigenvalue weighted by molar-refractivity contribution is -0.757. The summed E-state index contributed by atoms with van der Waals surface area (Å²) in [5.41, 5.74) is 0. The van der Waals surface area contributed by atoms with Gasteiger partial charge in [-0.2, -0.15) is 0 Å². The number of esters is 1. The fourth-order valence-corrected chi connectivity index (χ4v) is 1.24. The summed E-state index contributed by atoms with van der Waals surface area (Å²) in [6.45, 7) is 1.60. The van der Waals surface area contributed by atoms with Crippen molar-refractivity contribution in [2.24, 2.45) is 0 Å². The number of hydrogen-bond acceptors (Lipinski definition) is 6. The third kappa shape index (κ3) is 12.3. The van der Waals surface area contributed by atoms with Crippen molar-refractivity contribution in [2.45, 2.75) is 32.6 Å². The molecular formula is C12H20N2O6. The van der Waals surface area contributed by atoms with Crippen molar-refractivity contribution in [3.8, 4) is 0 Å². The first-order valence-electron chi connectivity index (χ1n) is 6.37. The summed E-state index contributed by atoms with van der Waals surface area (Å²) in [7, 11) is 0. The van der Waals surface area contributed by atoms with Crippen molar-refractivity contribution in [3.05, 3.63) is 22.3 Å². The van der Waals surface area contributed by atoms with E-state index >= 15 is 0 Å². The Kier molecular flexibility index (Phi) is 10.7. The molecule has 0 aliphatic carbocycles. The predicted molar refractivity (Wildman–Crippen MR) is 70.2 cm³/mol. The summed E-state index contributed by atoms with van der Waals surface area (Å²) in [6, 6.07) is 0. The molecule has 0 rings (SSSR count). The zero-order chi connectivity index (χ0) is 15.2. The van der Waals surface area contributed by atoms with Gasteiger partial charge in [-0.05, 0) is 19.8 Å². The van der Waals surface area contributed by atoms with Crippen LogP contribution >= 0.6 is 0 Å². The first kappa shape index (κ1) is 17.9. The smallest absolute Gasteiger partial charge is 0.325 e. The van der Waals surface area contributed by atoms with E-state index in [4.69, 9.17) is 4.74 Å². The Morgan fingerprint density at radius 3 is 2.70 bits per heavy atom. The van der Waals surface area contributed by atoms with Gasteiger partial charge in [-0.3, -0.25) is 9.59 Å². The molecule has 0 aliphatic rings. The number of allylic oxidation sites excluding steroid dienone is 2. The van der Waals surface area contributed by atoms with Crippen LogP contribution in [0.25, 0.3) is 0 Å². The Hall–Kier alpha value is -2.12. The number of nitrogens with zero attached hydrogens (tertiary/aromatic N) is 1. The standard InChI is InChI=1S/C12H20N2O6/c1-2-3-4-5-7-11(15)13-10-12(16)19-8-6-9-20-14(17)18/h2-3H,4-10H2,1H3,(H,13,15)/b3-2-. The monoisotopic (exact) mass is 288 g/mol. The van der Waals surface area contributed by atoms with Crippen molar-refractivity contribution >= 4 is 11.9 Å². The zero-order valence-corrected chi connectivity index (χ0v) is 11.5. The molecule has 114 valence electrons. The fourth-order valence-electron chi connectivity index (χ4n) is 1.24. The number of unbranched alkanes of at least 4 members (excludes halogenated alkanes) is 1. The minimum atomic E-state index is -0.907. The van der Waals surface area contributed by atoms with Crippen LogP contribution in [0.5, 0.6) is 0 Å². The lowest BCUT2D eigenvalue weighted by Crippen LogP contribution is -2.30. The Morgan fingerprint density at radius 1 is 1.30 bits per heavy atom. The molecule has 0 heterocycles. The molecule has 20 heavy (non-hydrogen) atoms. The minimum Gasteiger partial charge on any atom is -0.464 e. The molecule has 8 nitrogen and oxygen atoms in total. The molecule has 0 spiro atoms. The topological polar surface area (TPSA) is 108 Å². The number of amides is 1. The Morgan fingerprint density at radius 2 is 2.05 bits per heavy atom. The number of hydrogen-bond donors (Lipinski definition) is 1. The highest BCUT2D eigenvalue weighted by atomic mass is 16.9. The third-order valence-corrected chi connectivity index (χ3v) is 2.19. The van der Waals surface area contributed by atoms with E-state index in [1.807, 2.05) is 19.1 Å². The highest BCUT2D eigenvalue weighted by Crippen LogP contribution is 1.96. The van der Waals surface area contributed by atoms with Crippen molar-refractivity contribution in [3.63, 3.8) is 0 Å². The molecule has 0 aliphatic heterocycles. The largest absolute Gasteiger partial charge is 0.464 e. The minimum absolute atomic E-state index is 0.0177. The lowest BCUT2D eigenvalue weighted by atomic mass is 10.2. The number of nitrogens with one attached hydrogen (secondary N) is 1. The van der Waals surface area contributed by atoms with Gasteiger partial charge in [0.15, 0.2) is 0 Å². The SMILES string of the molecule is C/C=C\CCCC(=O)NCC(=O)OCCCO[N+](=O)[O-].